The highest BCUT2D eigenvalue weighted by molar-refractivity contribution is 6.07. The van der Waals surface area contributed by atoms with Crippen LogP contribution in [0.2, 0.25) is 0 Å². The van der Waals surface area contributed by atoms with Crippen LogP contribution in [0.1, 0.15) is 68.1 Å². The Morgan fingerprint density at radius 1 is 1.10 bits per heavy atom. The number of hydrogen-bond donors (Lipinski definition) is 2. The molecule has 2 heterocycles. The molecule has 3 aromatic rings. The number of nitrogens with one attached hydrogen (secondary N) is 2. The first-order chi connectivity index (χ1) is 14.5. The average Bonchev–Trinajstić information content (AvgIpc) is 3.11. The highest BCUT2D eigenvalue weighted by Gasteiger charge is 2.51. The zero-order chi connectivity index (χ0) is 20.5. The van der Waals surface area contributed by atoms with E-state index in [1.807, 2.05) is 13.0 Å². The number of fused-ring (bicyclic) bond motifs is 3. The van der Waals surface area contributed by atoms with Gasteiger partial charge < -0.3 is 10.3 Å². The normalized spacial score (nSPS) is 30.8. The van der Waals surface area contributed by atoms with Crippen LogP contribution in [0.25, 0.3) is 21.8 Å². The Bertz CT molecular complexity index is 1110. The maximum atomic E-state index is 13.0. The number of amides is 1. The van der Waals surface area contributed by atoms with Gasteiger partial charge >= 0.3 is 0 Å². The van der Waals surface area contributed by atoms with E-state index in [1.54, 1.807) is 0 Å². The van der Waals surface area contributed by atoms with Gasteiger partial charge in [-0.25, -0.2) is 4.98 Å². The second kappa shape index (κ2) is 6.57. The van der Waals surface area contributed by atoms with Crippen molar-refractivity contribution in [2.24, 2.45) is 23.2 Å². The zero-order valence-electron chi connectivity index (χ0n) is 18.0. The monoisotopic (exact) mass is 401 g/mol. The number of rotatable bonds is 4. The Labute approximate surface area is 177 Å². The predicted molar refractivity (Wildman–Crippen MR) is 120 cm³/mol. The molecule has 4 aliphatic carbocycles. The lowest BCUT2D eigenvalue weighted by Crippen LogP contribution is -2.49. The molecule has 1 amide bonds. The van der Waals surface area contributed by atoms with E-state index in [1.165, 1.54) is 38.5 Å². The quantitative estimate of drug-likeness (QED) is 0.585. The Balaban J connectivity index is 1.21. The minimum absolute atomic E-state index is 0.0377. The molecule has 0 saturated heterocycles. The van der Waals surface area contributed by atoms with E-state index < -0.39 is 0 Å². The van der Waals surface area contributed by atoms with E-state index in [2.05, 4.69) is 41.5 Å². The number of carbonyl (C=O) groups is 1. The van der Waals surface area contributed by atoms with Crippen molar-refractivity contribution in [3.8, 4) is 0 Å². The lowest BCUT2D eigenvalue weighted by molar-refractivity contribution is -0.0607. The standard InChI is InChI=1S/C26H31N3O/c1-15-3-4-20-5-6-21-10-22(29-24(21)23(20)27-15)25(30)28-16(2)11-26-12-17-7-18(13-26)9-19(8-17)14-26/h3-6,10,16-19,27H,7-9,11-14H2,1-2H3,(H,28,30). The zero-order valence-corrected chi connectivity index (χ0v) is 18.0. The number of nitrogens with zero attached hydrogens (tertiary/aromatic N) is 1. The van der Waals surface area contributed by atoms with E-state index in [0.29, 0.717) is 11.1 Å². The van der Waals surface area contributed by atoms with Crippen LogP contribution in [0.15, 0.2) is 30.3 Å². The predicted octanol–water partition coefficient (Wildman–Crippen LogP) is 5.75. The Morgan fingerprint density at radius 2 is 1.73 bits per heavy atom. The van der Waals surface area contributed by atoms with Gasteiger partial charge in [0.25, 0.3) is 5.91 Å². The molecular formula is C26H31N3O. The first kappa shape index (κ1) is 18.4. The summed E-state index contributed by atoms with van der Waals surface area (Å²) in [6, 6.07) is 10.4. The number of aromatic amines is 1. The Morgan fingerprint density at radius 3 is 2.43 bits per heavy atom. The maximum absolute atomic E-state index is 13.0. The van der Waals surface area contributed by atoms with E-state index in [9.17, 15) is 4.79 Å². The lowest BCUT2D eigenvalue weighted by atomic mass is 9.48. The third-order valence-electron chi connectivity index (χ3n) is 8.12. The first-order valence-corrected chi connectivity index (χ1v) is 11.7. The molecule has 7 rings (SSSR count). The van der Waals surface area contributed by atoms with E-state index in [4.69, 9.17) is 4.98 Å². The molecule has 1 unspecified atom stereocenters. The minimum atomic E-state index is -0.0377. The molecule has 4 saturated carbocycles. The largest absolute Gasteiger partial charge is 0.357 e. The number of pyridine rings is 1. The summed E-state index contributed by atoms with van der Waals surface area (Å²) < 4.78 is 0. The molecule has 1 atom stereocenters. The van der Waals surface area contributed by atoms with Gasteiger partial charge in [-0.05, 0) is 94.1 Å². The SMILES string of the molecule is Cc1ccc2ccc3cc(C(=O)NC(C)CC45CC6CC(CC(C6)C4)C5)nc3c2[nH]1. The van der Waals surface area contributed by atoms with Crippen molar-refractivity contribution in [1.29, 1.82) is 0 Å². The summed E-state index contributed by atoms with van der Waals surface area (Å²) in [5.41, 5.74) is 4.00. The van der Waals surface area contributed by atoms with Crippen LogP contribution in [0.4, 0.5) is 0 Å². The van der Waals surface area contributed by atoms with Crippen LogP contribution in [-0.2, 0) is 0 Å². The van der Waals surface area contributed by atoms with Crippen molar-refractivity contribution < 1.29 is 4.79 Å². The molecular weight excluding hydrogens is 370 g/mol. The third-order valence-corrected chi connectivity index (χ3v) is 8.12. The minimum Gasteiger partial charge on any atom is -0.357 e. The maximum Gasteiger partial charge on any atom is 0.270 e. The van der Waals surface area contributed by atoms with Gasteiger partial charge in [-0.2, -0.15) is 0 Å². The molecule has 4 bridgehead atoms. The molecule has 4 fully saturated rings. The molecule has 1 aromatic carbocycles. The van der Waals surface area contributed by atoms with Gasteiger partial charge in [0.2, 0.25) is 0 Å². The number of carbonyl (C=O) groups excluding carboxylic acids is 1. The lowest BCUT2D eigenvalue weighted by Gasteiger charge is -2.57. The summed E-state index contributed by atoms with van der Waals surface area (Å²) in [6.45, 7) is 4.23. The van der Waals surface area contributed by atoms with Gasteiger partial charge in [0, 0.05) is 22.5 Å². The molecule has 0 radical (unpaired) electrons. The molecule has 4 nitrogen and oxygen atoms in total. The number of benzene rings is 1. The number of aryl methyl sites for hydroxylation is 1. The van der Waals surface area contributed by atoms with Crippen molar-refractivity contribution >= 4 is 27.7 Å². The molecule has 156 valence electrons. The number of aromatic nitrogens is 2. The first-order valence-electron chi connectivity index (χ1n) is 11.7. The summed E-state index contributed by atoms with van der Waals surface area (Å²) in [6.07, 6.45) is 9.69. The van der Waals surface area contributed by atoms with Crippen LogP contribution in [0.5, 0.6) is 0 Å². The number of hydrogen-bond acceptors (Lipinski definition) is 2. The molecule has 2 aromatic heterocycles. The van der Waals surface area contributed by atoms with E-state index in [0.717, 1.165) is 51.7 Å². The summed E-state index contributed by atoms with van der Waals surface area (Å²) in [5, 5.41) is 5.42. The molecule has 0 spiro atoms. The average molecular weight is 402 g/mol. The van der Waals surface area contributed by atoms with E-state index >= 15 is 0 Å². The fourth-order valence-corrected chi connectivity index (χ4v) is 7.54. The topological polar surface area (TPSA) is 57.8 Å². The Hall–Kier alpha value is -2.36. The third kappa shape index (κ3) is 3.03. The Kier molecular flexibility index (Phi) is 4.03. The van der Waals surface area contributed by atoms with Crippen LogP contribution < -0.4 is 5.32 Å². The van der Waals surface area contributed by atoms with Crippen molar-refractivity contribution in [3.63, 3.8) is 0 Å². The van der Waals surface area contributed by atoms with Gasteiger partial charge in [0.15, 0.2) is 0 Å². The summed E-state index contributed by atoms with van der Waals surface area (Å²) >= 11 is 0. The van der Waals surface area contributed by atoms with Crippen LogP contribution in [-0.4, -0.2) is 21.9 Å². The van der Waals surface area contributed by atoms with Crippen molar-refractivity contribution in [3.05, 3.63) is 41.7 Å². The van der Waals surface area contributed by atoms with Crippen molar-refractivity contribution in [2.75, 3.05) is 0 Å². The fraction of sp³-hybridized carbons (Fsp3) is 0.538. The molecule has 2 N–H and O–H groups in total. The van der Waals surface area contributed by atoms with Gasteiger partial charge in [-0.1, -0.05) is 18.2 Å². The summed E-state index contributed by atoms with van der Waals surface area (Å²) in [7, 11) is 0. The molecule has 30 heavy (non-hydrogen) atoms. The smallest absolute Gasteiger partial charge is 0.270 e. The van der Waals surface area contributed by atoms with Gasteiger partial charge in [-0.15, -0.1) is 0 Å². The van der Waals surface area contributed by atoms with Crippen molar-refractivity contribution in [2.45, 2.75) is 64.8 Å². The second-order valence-electron chi connectivity index (χ2n) is 10.7. The van der Waals surface area contributed by atoms with Gasteiger partial charge in [0.1, 0.15) is 5.69 Å². The highest BCUT2D eigenvalue weighted by Crippen LogP contribution is 2.61. The summed E-state index contributed by atoms with van der Waals surface area (Å²) in [5.74, 6) is 2.82. The van der Waals surface area contributed by atoms with Crippen LogP contribution in [0.3, 0.4) is 0 Å². The van der Waals surface area contributed by atoms with Crippen molar-refractivity contribution in [1.82, 2.24) is 15.3 Å². The van der Waals surface area contributed by atoms with Gasteiger partial charge in [0.05, 0.1) is 11.0 Å². The second-order valence-corrected chi connectivity index (χ2v) is 10.7. The number of H-pyrrole nitrogens is 1. The molecule has 0 aliphatic heterocycles. The summed E-state index contributed by atoms with van der Waals surface area (Å²) in [4.78, 5) is 21.2. The van der Waals surface area contributed by atoms with Gasteiger partial charge in [-0.3, -0.25) is 4.79 Å². The highest BCUT2D eigenvalue weighted by atomic mass is 16.1. The van der Waals surface area contributed by atoms with E-state index in [-0.39, 0.29) is 11.9 Å². The van der Waals surface area contributed by atoms with Crippen LogP contribution in [0, 0.1) is 30.1 Å². The molecule has 4 heteroatoms. The molecule has 4 aliphatic rings. The van der Waals surface area contributed by atoms with Crippen LogP contribution >= 0.6 is 0 Å². The fourth-order valence-electron chi connectivity index (χ4n) is 7.54.